The van der Waals surface area contributed by atoms with Gasteiger partial charge < -0.3 is 0 Å². The van der Waals surface area contributed by atoms with E-state index in [-0.39, 0.29) is 0 Å². The number of aromatic nitrogens is 2. The Kier molecular flexibility index (Phi) is 3.84. The van der Waals surface area contributed by atoms with Crippen LogP contribution in [0.5, 0.6) is 0 Å². The summed E-state index contributed by atoms with van der Waals surface area (Å²) in [5.41, 5.74) is 5.12. The minimum absolute atomic E-state index is 0.454. The van der Waals surface area contributed by atoms with Gasteiger partial charge in [0.2, 0.25) is 5.95 Å². The number of hydrogen-bond acceptors (Lipinski definition) is 6. The Balaban J connectivity index is 2.07. The zero-order valence-electron chi connectivity index (χ0n) is 12.1. The molecule has 0 radical (unpaired) electrons. The van der Waals surface area contributed by atoms with Gasteiger partial charge in [0.25, 0.3) is 0 Å². The van der Waals surface area contributed by atoms with Gasteiger partial charge in [0.1, 0.15) is 9.86 Å². The molecule has 0 atom stereocenters. The molecule has 0 aliphatic rings. The second-order valence-corrected chi connectivity index (χ2v) is 7.22. The molecule has 4 nitrogen and oxygen atoms in total. The van der Waals surface area contributed by atoms with Crippen LogP contribution in [-0.2, 0) is 0 Å². The molecule has 108 valence electrons. The molecule has 0 saturated heterocycles. The Hall–Kier alpha value is -1.63. The summed E-state index contributed by atoms with van der Waals surface area (Å²) in [5.74, 6) is 5.93. The highest BCUT2D eigenvalue weighted by Gasteiger charge is 2.12. The van der Waals surface area contributed by atoms with E-state index in [4.69, 9.17) is 5.84 Å². The second-order valence-electron chi connectivity index (χ2n) is 4.92. The molecule has 0 saturated carbocycles. The zero-order valence-corrected chi connectivity index (χ0v) is 13.7. The molecular weight excluding hydrogens is 300 g/mol. The van der Waals surface area contributed by atoms with Crippen LogP contribution in [0.3, 0.4) is 0 Å². The van der Waals surface area contributed by atoms with Gasteiger partial charge in [0.15, 0.2) is 0 Å². The van der Waals surface area contributed by atoms with Crippen molar-refractivity contribution in [2.24, 2.45) is 5.84 Å². The molecule has 1 aromatic carbocycles. The maximum absolute atomic E-state index is 5.47. The standard InChI is InChI=1S/C15H16N4S2/c1-8-4-5-11(6-9(8)2)21-14-12-7-10(3)20-13(12)17-15(18-14)19-16/h4-7H,16H2,1-3H3,(H,17,18,19). The SMILES string of the molecule is Cc1cc2c(Sc3ccc(C)c(C)c3)nc(NN)nc2s1. The van der Waals surface area contributed by atoms with E-state index in [1.54, 1.807) is 23.1 Å². The molecule has 0 aliphatic carbocycles. The summed E-state index contributed by atoms with van der Waals surface area (Å²) in [6, 6.07) is 8.57. The van der Waals surface area contributed by atoms with E-state index in [0.29, 0.717) is 5.95 Å². The van der Waals surface area contributed by atoms with Gasteiger partial charge in [-0.05, 0) is 50.1 Å². The number of hydrazine groups is 1. The molecule has 6 heteroatoms. The van der Waals surface area contributed by atoms with Crippen LogP contribution in [0.2, 0.25) is 0 Å². The number of aryl methyl sites for hydroxylation is 3. The van der Waals surface area contributed by atoms with Crippen LogP contribution in [-0.4, -0.2) is 9.97 Å². The summed E-state index contributed by atoms with van der Waals surface area (Å²) < 4.78 is 0. The second kappa shape index (κ2) is 5.63. The molecule has 3 aromatic rings. The highest BCUT2D eigenvalue weighted by Crippen LogP contribution is 2.36. The van der Waals surface area contributed by atoms with Crippen LogP contribution >= 0.6 is 23.1 Å². The van der Waals surface area contributed by atoms with Gasteiger partial charge in [0, 0.05) is 15.2 Å². The van der Waals surface area contributed by atoms with Crippen LogP contribution in [0.1, 0.15) is 16.0 Å². The van der Waals surface area contributed by atoms with Gasteiger partial charge in [-0.2, -0.15) is 0 Å². The van der Waals surface area contributed by atoms with Crippen molar-refractivity contribution in [1.82, 2.24) is 9.97 Å². The van der Waals surface area contributed by atoms with Crippen LogP contribution in [0.25, 0.3) is 10.2 Å². The lowest BCUT2D eigenvalue weighted by atomic mass is 10.1. The molecule has 0 bridgehead atoms. The van der Waals surface area contributed by atoms with Crippen molar-refractivity contribution in [3.63, 3.8) is 0 Å². The van der Waals surface area contributed by atoms with Crippen molar-refractivity contribution < 1.29 is 0 Å². The molecule has 3 rings (SSSR count). The number of anilines is 1. The Bertz CT molecular complexity index is 811. The number of thiophene rings is 1. The molecule has 0 aliphatic heterocycles. The summed E-state index contributed by atoms with van der Waals surface area (Å²) in [6.07, 6.45) is 0. The quantitative estimate of drug-likeness (QED) is 0.433. The first-order valence-corrected chi connectivity index (χ1v) is 8.20. The molecule has 0 amide bonds. The number of nitrogens with zero attached hydrogens (tertiary/aromatic N) is 2. The minimum atomic E-state index is 0.454. The topological polar surface area (TPSA) is 63.8 Å². The highest BCUT2D eigenvalue weighted by molar-refractivity contribution is 7.99. The smallest absolute Gasteiger partial charge is 0.239 e. The third kappa shape index (κ3) is 2.88. The minimum Gasteiger partial charge on any atom is -0.292 e. The number of nitrogen functional groups attached to an aromatic ring is 1. The highest BCUT2D eigenvalue weighted by atomic mass is 32.2. The van der Waals surface area contributed by atoms with E-state index in [9.17, 15) is 0 Å². The number of hydrogen-bond donors (Lipinski definition) is 2. The van der Waals surface area contributed by atoms with Crippen molar-refractivity contribution in [3.8, 4) is 0 Å². The zero-order chi connectivity index (χ0) is 15.0. The fourth-order valence-electron chi connectivity index (χ4n) is 2.05. The number of benzene rings is 1. The number of rotatable bonds is 3. The summed E-state index contributed by atoms with van der Waals surface area (Å²) in [7, 11) is 0. The lowest BCUT2D eigenvalue weighted by molar-refractivity contribution is 1.08. The lowest BCUT2D eigenvalue weighted by Gasteiger charge is -2.07. The van der Waals surface area contributed by atoms with E-state index in [0.717, 1.165) is 15.2 Å². The van der Waals surface area contributed by atoms with Crippen molar-refractivity contribution in [2.75, 3.05) is 5.43 Å². The molecule has 0 fully saturated rings. The van der Waals surface area contributed by atoms with Crippen LogP contribution in [0.4, 0.5) is 5.95 Å². The van der Waals surface area contributed by atoms with Crippen molar-refractivity contribution in [3.05, 3.63) is 40.3 Å². The van der Waals surface area contributed by atoms with Crippen LogP contribution in [0, 0.1) is 20.8 Å². The van der Waals surface area contributed by atoms with Crippen LogP contribution in [0.15, 0.2) is 34.2 Å². The van der Waals surface area contributed by atoms with Gasteiger partial charge in [0.05, 0.1) is 0 Å². The van der Waals surface area contributed by atoms with Crippen molar-refractivity contribution in [2.45, 2.75) is 30.7 Å². The fourth-order valence-corrected chi connectivity index (χ4v) is 3.98. The maximum atomic E-state index is 5.47. The Labute approximate surface area is 131 Å². The summed E-state index contributed by atoms with van der Waals surface area (Å²) in [4.78, 5) is 12.3. The third-order valence-corrected chi connectivity index (χ3v) is 5.24. The average Bonchev–Trinajstić information content (AvgIpc) is 2.83. The number of fused-ring (bicyclic) bond motifs is 1. The normalized spacial score (nSPS) is 11.0. The summed E-state index contributed by atoms with van der Waals surface area (Å²) in [5, 5.41) is 2.01. The van der Waals surface area contributed by atoms with Crippen LogP contribution < -0.4 is 11.3 Å². The first-order chi connectivity index (χ1) is 10.1. The Morgan fingerprint density at radius 2 is 1.90 bits per heavy atom. The Morgan fingerprint density at radius 1 is 1.10 bits per heavy atom. The molecular formula is C15H16N4S2. The molecule has 0 unspecified atom stereocenters. The third-order valence-electron chi connectivity index (χ3n) is 3.30. The molecule has 2 aromatic heterocycles. The van der Waals surface area contributed by atoms with E-state index in [2.05, 4.69) is 60.4 Å². The molecule has 2 heterocycles. The van der Waals surface area contributed by atoms with E-state index < -0.39 is 0 Å². The fraction of sp³-hybridized carbons (Fsp3) is 0.200. The first kappa shape index (κ1) is 14.3. The van der Waals surface area contributed by atoms with Crippen molar-refractivity contribution >= 4 is 39.3 Å². The lowest BCUT2D eigenvalue weighted by Crippen LogP contribution is -2.10. The van der Waals surface area contributed by atoms with Crippen molar-refractivity contribution in [1.29, 1.82) is 0 Å². The van der Waals surface area contributed by atoms with Gasteiger partial charge >= 0.3 is 0 Å². The monoisotopic (exact) mass is 316 g/mol. The predicted octanol–water partition coefficient (Wildman–Crippen LogP) is 4.05. The average molecular weight is 316 g/mol. The first-order valence-electron chi connectivity index (χ1n) is 6.56. The molecule has 0 spiro atoms. The van der Waals surface area contributed by atoms with Gasteiger partial charge in [-0.25, -0.2) is 15.8 Å². The largest absolute Gasteiger partial charge is 0.292 e. The molecule has 3 N–H and O–H groups in total. The molecule has 21 heavy (non-hydrogen) atoms. The van der Waals surface area contributed by atoms with Gasteiger partial charge in [-0.15, -0.1) is 11.3 Å². The summed E-state index contributed by atoms with van der Waals surface area (Å²) >= 11 is 3.29. The Morgan fingerprint density at radius 3 is 2.62 bits per heavy atom. The number of nitrogens with two attached hydrogens (primary N) is 1. The predicted molar refractivity (Wildman–Crippen MR) is 90.0 cm³/mol. The van der Waals surface area contributed by atoms with E-state index in [1.807, 2.05) is 0 Å². The van der Waals surface area contributed by atoms with Gasteiger partial charge in [-0.1, -0.05) is 17.8 Å². The van der Waals surface area contributed by atoms with E-state index >= 15 is 0 Å². The summed E-state index contributed by atoms with van der Waals surface area (Å²) in [6.45, 7) is 6.31. The maximum Gasteiger partial charge on any atom is 0.239 e. The number of nitrogens with one attached hydrogen (secondary N) is 1. The van der Waals surface area contributed by atoms with E-state index in [1.165, 1.54) is 20.9 Å². The van der Waals surface area contributed by atoms with Gasteiger partial charge in [-0.3, -0.25) is 5.43 Å².